The number of fused-ring (bicyclic) bond motifs is 2. The first-order chi connectivity index (χ1) is 10.7. The lowest BCUT2D eigenvalue weighted by Crippen LogP contribution is -2.13. The summed E-state index contributed by atoms with van der Waals surface area (Å²) < 4.78 is 7.46. The molecule has 0 spiro atoms. The van der Waals surface area contributed by atoms with Crippen molar-refractivity contribution in [1.29, 1.82) is 0 Å². The fourth-order valence-electron chi connectivity index (χ4n) is 3.00. The molecule has 0 bridgehead atoms. The Labute approximate surface area is 128 Å². The minimum Gasteiger partial charge on any atom is -0.493 e. The molecule has 0 saturated carbocycles. The second-order valence-electron chi connectivity index (χ2n) is 5.55. The molecular weight excluding hydrogens is 276 g/mol. The Morgan fingerprint density at radius 1 is 1.23 bits per heavy atom. The van der Waals surface area contributed by atoms with Crippen LogP contribution in [0.1, 0.15) is 15.9 Å². The van der Waals surface area contributed by atoms with E-state index in [0.717, 1.165) is 40.9 Å². The highest BCUT2D eigenvalue weighted by Gasteiger charge is 2.15. The number of benzene rings is 2. The minimum atomic E-state index is -0.0914. The number of carbonyl (C=O) groups is 1. The van der Waals surface area contributed by atoms with Gasteiger partial charge in [-0.1, -0.05) is 12.1 Å². The van der Waals surface area contributed by atoms with E-state index in [1.165, 1.54) is 0 Å². The molecule has 1 amide bonds. The molecule has 0 radical (unpaired) electrons. The summed E-state index contributed by atoms with van der Waals surface area (Å²) in [5.41, 5.74) is 3.58. The average molecular weight is 292 g/mol. The molecule has 4 rings (SSSR count). The maximum atomic E-state index is 12.6. The van der Waals surface area contributed by atoms with Crippen LogP contribution in [0.25, 0.3) is 10.9 Å². The Bertz CT molecular complexity index is 880. The lowest BCUT2D eigenvalue weighted by molar-refractivity contribution is 0.102. The SMILES string of the molecule is Cn1ccc2cccc(C(=O)Nc3ccc4c(c3)CCO4)c21. The van der Waals surface area contributed by atoms with Crippen molar-refractivity contribution >= 4 is 22.5 Å². The monoisotopic (exact) mass is 292 g/mol. The number of anilines is 1. The number of nitrogens with one attached hydrogen (secondary N) is 1. The summed E-state index contributed by atoms with van der Waals surface area (Å²) in [4.78, 5) is 12.6. The standard InChI is InChI=1S/C18H16N2O2/c1-20-9-7-12-3-2-4-15(17(12)20)18(21)19-14-5-6-16-13(11-14)8-10-22-16/h2-7,9,11H,8,10H2,1H3,(H,19,21). The molecule has 4 nitrogen and oxygen atoms in total. The van der Waals surface area contributed by atoms with Crippen LogP contribution in [0.4, 0.5) is 5.69 Å². The highest BCUT2D eigenvalue weighted by Crippen LogP contribution is 2.28. The van der Waals surface area contributed by atoms with Crippen LogP contribution in [-0.4, -0.2) is 17.1 Å². The number of amides is 1. The zero-order valence-electron chi connectivity index (χ0n) is 12.3. The number of hydrogen-bond donors (Lipinski definition) is 1. The molecule has 0 unspecified atom stereocenters. The van der Waals surface area contributed by atoms with Crippen LogP contribution in [0.5, 0.6) is 5.75 Å². The molecule has 0 aliphatic carbocycles. The molecule has 1 aromatic heterocycles. The number of para-hydroxylation sites is 1. The fraction of sp³-hybridized carbons (Fsp3) is 0.167. The Morgan fingerprint density at radius 3 is 3.05 bits per heavy atom. The number of carbonyl (C=O) groups excluding carboxylic acids is 1. The van der Waals surface area contributed by atoms with E-state index in [1.807, 2.05) is 60.3 Å². The summed E-state index contributed by atoms with van der Waals surface area (Å²) in [6.45, 7) is 0.718. The van der Waals surface area contributed by atoms with E-state index in [4.69, 9.17) is 4.74 Å². The Hall–Kier alpha value is -2.75. The molecule has 1 N–H and O–H groups in total. The van der Waals surface area contributed by atoms with Gasteiger partial charge in [-0.2, -0.15) is 0 Å². The molecule has 3 aromatic rings. The molecule has 22 heavy (non-hydrogen) atoms. The van der Waals surface area contributed by atoms with Gasteiger partial charge in [0, 0.05) is 30.7 Å². The third kappa shape index (κ3) is 2.04. The van der Waals surface area contributed by atoms with Crippen molar-refractivity contribution in [3.63, 3.8) is 0 Å². The molecule has 2 aromatic carbocycles. The maximum Gasteiger partial charge on any atom is 0.257 e. The first-order valence-corrected chi connectivity index (χ1v) is 7.33. The lowest BCUT2D eigenvalue weighted by Gasteiger charge is -2.09. The fourth-order valence-corrected chi connectivity index (χ4v) is 3.00. The molecule has 0 fully saturated rings. The molecule has 0 saturated heterocycles. The van der Waals surface area contributed by atoms with Gasteiger partial charge in [0.2, 0.25) is 0 Å². The highest BCUT2D eigenvalue weighted by atomic mass is 16.5. The predicted molar refractivity (Wildman–Crippen MR) is 86.5 cm³/mol. The Morgan fingerprint density at radius 2 is 2.14 bits per heavy atom. The summed E-state index contributed by atoms with van der Waals surface area (Å²) in [6, 6.07) is 13.6. The van der Waals surface area contributed by atoms with E-state index in [9.17, 15) is 4.79 Å². The van der Waals surface area contributed by atoms with Crippen LogP contribution >= 0.6 is 0 Å². The van der Waals surface area contributed by atoms with Gasteiger partial charge < -0.3 is 14.6 Å². The Balaban J connectivity index is 1.68. The van der Waals surface area contributed by atoms with Crippen LogP contribution < -0.4 is 10.1 Å². The van der Waals surface area contributed by atoms with Gasteiger partial charge in [0.15, 0.2) is 0 Å². The van der Waals surface area contributed by atoms with E-state index in [2.05, 4.69) is 5.32 Å². The van der Waals surface area contributed by atoms with Gasteiger partial charge in [0.1, 0.15) is 5.75 Å². The van der Waals surface area contributed by atoms with Crippen molar-refractivity contribution in [3.05, 3.63) is 59.8 Å². The zero-order valence-corrected chi connectivity index (χ0v) is 12.3. The second kappa shape index (κ2) is 4.91. The van der Waals surface area contributed by atoms with E-state index in [-0.39, 0.29) is 5.91 Å². The zero-order chi connectivity index (χ0) is 15.1. The molecule has 4 heteroatoms. The van der Waals surface area contributed by atoms with E-state index in [1.54, 1.807) is 0 Å². The van der Waals surface area contributed by atoms with Crippen molar-refractivity contribution in [3.8, 4) is 5.75 Å². The summed E-state index contributed by atoms with van der Waals surface area (Å²) in [6.07, 6.45) is 2.86. The third-order valence-electron chi connectivity index (χ3n) is 4.09. The van der Waals surface area contributed by atoms with Crippen molar-refractivity contribution < 1.29 is 9.53 Å². The molecule has 1 aliphatic heterocycles. The van der Waals surface area contributed by atoms with Gasteiger partial charge in [-0.15, -0.1) is 0 Å². The van der Waals surface area contributed by atoms with Crippen molar-refractivity contribution in [1.82, 2.24) is 4.57 Å². The maximum absolute atomic E-state index is 12.6. The number of aryl methyl sites for hydroxylation is 1. The second-order valence-corrected chi connectivity index (χ2v) is 5.55. The van der Waals surface area contributed by atoms with Crippen LogP contribution in [0.2, 0.25) is 0 Å². The molecule has 110 valence electrons. The summed E-state index contributed by atoms with van der Waals surface area (Å²) in [5.74, 6) is 0.828. The number of aromatic nitrogens is 1. The molecule has 0 atom stereocenters. The first-order valence-electron chi connectivity index (χ1n) is 7.33. The molecule has 1 aliphatic rings. The topological polar surface area (TPSA) is 43.3 Å². The molecular formula is C18H16N2O2. The van der Waals surface area contributed by atoms with Gasteiger partial charge in [-0.25, -0.2) is 0 Å². The van der Waals surface area contributed by atoms with Crippen LogP contribution in [-0.2, 0) is 13.5 Å². The van der Waals surface area contributed by atoms with Crippen molar-refractivity contribution in [2.45, 2.75) is 6.42 Å². The van der Waals surface area contributed by atoms with Gasteiger partial charge in [0.05, 0.1) is 17.7 Å². The van der Waals surface area contributed by atoms with Gasteiger partial charge in [0.25, 0.3) is 5.91 Å². The lowest BCUT2D eigenvalue weighted by atomic mass is 10.1. The van der Waals surface area contributed by atoms with Crippen molar-refractivity contribution in [2.24, 2.45) is 7.05 Å². The molecule has 2 heterocycles. The highest BCUT2D eigenvalue weighted by molar-refractivity contribution is 6.12. The average Bonchev–Trinajstić information content (AvgIpc) is 3.13. The van der Waals surface area contributed by atoms with Crippen LogP contribution in [0.15, 0.2) is 48.7 Å². The van der Waals surface area contributed by atoms with Crippen molar-refractivity contribution in [2.75, 3.05) is 11.9 Å². The van der Waals surface area contributed by atoms with Gasteiger partial charge in [-0.05, 0) is 35.9 Å². The number of rotatable bonds is 2. The van der Waals surface area contributed by atoms with E-state index < -0.39 is 0 Å². The number of nitrogens with zero attached hydrogens (tertiary/aromatic N) is 1. The van der Waals surface area contributed by atoms with Crippen LogP contribution in [0, 0.1) is 0 Å². The largest absolute Gasteiger partial charge is 0.493 e. The summed E-state index contributed by atoms with van der Waals surface area (Å²) in [7, 11) is 1.95. The number of ether oxygens (including phenoxy) is 1. The Kier molecular flexibility index (Phi) is 2.89. The quantitative estimate of drug-likeness (QED) is 0.787. The van der Waals surface area contributed by atoms with E-state index >= 15 is 0 Å². The minimum absolute atomic E-state index is 0.0914. The smallest absolute Gasteiger partial charge is 0.257 e. The first kappa shape index (κ1) is 13.0. The third-order valence-corrected chi connectivity index (χ3v) is 4.09. The number of hydrogen-bond acceptors (Lipinski definition) is 2. The normalized spacial score (nSPS) is 13.0. The summed E-state index contributed by atoms with van der Waals surface area (Å²) >= 11 is 0. The summed E-state index contributed by atoms with van der Waals surface area (Å²) in [5, 5.41) is 4.06. The predicted octanol–water partition coefficient (Wildman–Crippen LogP) is 3.37. The van der Waals surface area contributed by atoms with Gasteiger partial charge >= 0.3 is 0 Å². The van der Waals surface area contributed by atoms with Gasteiger partial charge in [-0.3, -0.25) is 4.79 Å². The van der Waals surface area contributed by atoms with Crippen LogP contribution in [0.3, 0.4) is 0 Å². The van der Waals surface area contributed by atoms with E-state index in [0.29, 0.717) is 5.56 Å².